The van der Waals surface area contributed by atoms with Crippen LogP contribution in [0.4, 0.5) is 5.69 Å². The van der Waals surface area contributed by atoms with Crippen molar-refractivity contribution >= 4 is 5.69 Å². The molecule has 1 unspecified atom stereocenters. The highest BCUT2D eigenvalue weighted by Gasteiger charge is 2.21. The molecule has 1 aliphatic rings. The number of aliphatic hydroxyl groups excluding tert-OH is 1. The van der Waals surface area contributed by atoms with Crippen LogP contribution < -0.4 is 10.2 Å². The van der Waals surface area contributed by atoms with Gasteiger partial charge in [0.2, 0.25) is 0 Å². The topological polar surface area (TPSA) is 38.7 Å². The fourth-order valence-corrected chi connectivity index (χ4v) is 2.57. The fraction of sp³-hybridized carbons (Fsp3) is 0.600. The van der Waals surface area contributed by atoms with Crippen LogP contribution in [0.5, 0.6) is 0 Å². The molecule has 1 atom stereocenters. The predicted molar refractivity (Wildman–Crippen MR) is 79.5 cm³/mol. The second-order valence-corrected chi connectivity index (χ2v) is 5.46. The normalized spacial score (nSPS) is 19.8. The molecule has 4 heteroatoms. The number of benzene rings is 1. The average Bonchev–Trinajstić information content (AvgIpc) is 2.84. The Hall–Kier alpha value is -1.10. The van der Waals surface area contributed by atoms with Gasteiger partial charge in [-0.1, -0.05) is 12.1 Å². The summed E-state index contributed by atoms with van der Waals surface area (Å²) in [6.07, 6.45) is 1.18. The van der Waals surface area contributed by atoms with Gasteiger partial charge in [0.05, 0.1) is 6.61 Å². The third-order valence-corrected chi connectivity index (χ3v) is 3.68. The number of nitrogens with zero attached hydrogens (tertiary/aromatic N) is 2. The molecule has 2 N–H and O–H groups in total. The Bertz CT molecular complexity index is 377. The second-order valence-electron chi connectivity index (χ2n) is 5.46. The van der Waals surface area contributed by atoms with Crippen molar-refractivity contribution < 1.29 is 5.11 Å². The highest BCUT2D eigenvalue weighted by Crippen LogP contribution is 2.16. The van der Waals surface area contributed by atoms with Crippen LogP contribution in [-0.4, -0.2) is 56.4 Å². The van der Waals surface area contributed by atoms with Crippen molar-refractivity contribution in [1.29, 1.82) is 0 Å². The first-order valence-electron chi connectivity index (χ1n) is 7.02. The number of rotatable bonds is 6. The van der Waals surface area contributed by atoms with Gasteiger partial charge in [-0.2, -0.15) is 0 Å². The zero-order chi connectivity index (χ0) is 13.7. The molecule has 1 saturated heterocycles. The number of likely N-dealkylation sites (tertiary alicyclic amines) is 1. The van der Waals surface area contributed by atoms with Crippen molar-refractivity contribution in [3.63, 3.8) is 0 Å². The zero-order valence-electron chi connectivity index (χ0n) is 12.0. The summed E-state index contributed by atoms with van der Waals surface area (Å²) in [5, 5.41) is 12.2. The molecular formula is C15H25N3O. The lowest BCUT2D eigenvalue weighted by Gasteiger charge is -2.18. The number of aliphatic hydroxyl groups is 1. The van der Waals surface area contributed by atoms with Crippen LogP contribution in [0.25, 0.3) is 0 Å². The number of hydrogen-bond acceptors (Lipinski definition) is 4. The first-order chi connectivity index (χ1) is 9.19. The predicted octanol–water partition coefficient (Wildman–Crippen LogP) is 0.909. The summed E-state index contributed by atoms with van der Waals surface area (Å²) in [6.45, 7) is 4.16. The molecule has 2 rings (SSSR count). The minimum Gasteiger partial charge on any atom is -0.395 e. The smallest absolute Gasteiger partial charge is 0.0556 e. The summed E-state index contributed by atoms with van der Waals surface area (Å²) in [5.41, 5.74) is 2.61. The van der Waals surface area contributed by atoms with Gasteiger partial charge in [-0.3, -0.25) is 4.90 Å². The molecule has 1 aromatic carbocycles. The molecule has 0 aromatic heterocycles. The Morgan fingerprint density at radius 1 is 1.32 bits per heavy atom. The fourth-order valence-electron chi connectivity index (χ4n) is 2.57. The average molecular weight is 263 g/mol. The van der Waals surface area contributed by atoms with Crippen LogP contribution >= 0.6 is 0 Å². The van der Waals surface area contributed by atoms with Gasteiger partial charge in [0, 0.05) is 52.0 Å². The van der Waals surface area contributed by atoms with Crippen molar-refractivity contribution in [1.82, 2.24) is 10.2 Å². The molecule has 0 aliphatic carbocycles. The maximum Gasteiger partial charge on any atom is 0.0556 e. The van der Waals surface area contributed by atoms with Gasteiger partial charge in [0.1, 0.15) is 0 Å². The van der Waals surface area contributed by atoms with E-state index in [9.17, 15) is 0 Å². The standard InChI is InChI=1S/C15H25N3O/c1-17(2)15-5-3-13(4-6-15)11-18-9-7-14(12-18)16-8-10-19/h3-6,14,16,19H,7-12H2,1-2H3. The lowest BCUT2D eigenvalue weighted by molar-refractivity contribution is 0.278. The van der Waals surface area contributed by atoms with Crippen LogP contribution in [0.3, 0.4) is 0 Å². The Labute approximate surface area is 116 Å². The third kappa shape index (κ3) is 4.20. The van der Waals surface area contributed by atoms with Gasteiger partial charge in [-0.25, -0.2) is 0 Å². The van der Waals surface area contributed by atoms with Crippen LogP contribution in [0, 0.1) is 0 Å². The maximum atomic E-state index is 8.82. The van der Waals surface area contributed by atoms with Gasteiger partial charge < -0.3 is 15.3 Å². The molecule has 4 nitrogen and oxygen atoms in total. The van der Waals surface area contributed by atoms with E-state index < -0.39 is 0 Å². The van der Waals surface area contributed by atoms with E-state index >= 15 is 0 Å². The SMILES string of the molecule is CN(C)c1ccc(CN2CCC(NCCO)C2)cc1. The number of nitrogens with one attached hydrogen (secondary N) is 1. The minimum absolute atomic E-state index is 0.225. The van der Waals surface area contributed by atoms with E-state index in [0.29, 0.717) is 12.6 Å². The summed E-state index contributed by atoms with van der Waals surface area (Å²) in [7, 11) is 4.12. The molecule has 0 spiro atoms. The molecule has 106 valence electrons. The molecule has 0 amide bonds. The summed E-state index contributed by atoms with van der Waals surface area (Å²) in [6, 6.07) is 9.31. The Morgan fingerprint density at radius 3 is 2.68 bits per heavy atom. The van der Waals surface area contributed by atoms with Gasteiger partial charge in [0.25, 0.3) is 0 Å². The van der Waals surface area contributed by atoms with Gasteiger partial charge in [-0.05, 0) is 24.1 Å². The van der Waals surface area contributed by atoms with E-state index in [-0.39, 0.29) is 6.61 Å². The zero-order valence-corrected chi connectivity index (χ0v) is 12.0. The first kappa shape index (κ1) is 14.3. The van der Waals surface area contributed by atoms with E-state index in [4.69, 9.17) is 5.11 Å². The Kier molecular flexibility index (Phi) is 5.19. The van der Waals surface area contributed by atoms with Crippen molar-refractivity contribution in [3.05, 3.63) is 29.8 Å². The third-order valence-electron chi connectivity index (χ3n) is 3.68. The number of hydrogen-bond donors (Lipinski definition) is 2. The molecule has 1 aromatic rings. The minimum atomic E-state index is 0.225. The monoisotopic (exact) mass is 263 g/mol. The molecule has 0 radical (unpaired) electrons. The van der Waals surface area contributed by atoms with E-state index in [0.717, 1.165) is 19.6 Å². The van der Waals surface area contributed by atoms with E-state index in [2.05, 4.69) is 53.5 Å². The van der Waals surface area contributed by atoms with Crippen LogP contribution in [0.1, 0.15) is 12.0 Å². The quantitative estimate of drug-likeness (QED) is 0.800. The summed E-state index contributed by atoms with van der Waals surface area (Å²) >= 11 is 0. The van der Waals surface area contributed by atoms with E-state index in [1.807, 2.05) is 0 Å². The number of anilines is 1. The molecule has 0 bridgehead atoms. The lowest BCUT2D eigenvalue weighted by Crippen LogP contribution is -2.34. The molecule has 1 heterocycles. The van der Waals surface area contributed by atoms with Crippen molar-refractivity contribution in [3.8, 4) is 0 Å². The lowest BCUT2D eigenvalue weighted by atomic mass is 10.2. The van der Waals surface area contributed by atoms with Crippen LogP contribution in [0.15, 0.2) is 24.3 Å². The summed E-state index contributed by atoms with van der Waals surface area (Å²) in [5.74, 6) is 0. The largest absolute Gasteiger partial charge is 0.395 e. The highest BCUT2D eigenvalue weighted by molar-refractivity contribution is 5.45. The molecular weight excluding hydrogens is 238 g/mol. The van der Waals surface area contributed by atoms with Crippen LogP contribution in [-0.2, 0) is 6.54 Å². The summed E-state index contributed by atoms with van der Waals surface area (Å²) in [4.78, 5) is 4.59. The molecule has 19 heavy (non-hydrogen) atoms. The van der Waals surface area contributed by atoms with Crippen molar-refractivity contribution in [2.75, 3.05) is 45.2 Å². The summed E-state index contributed by atoms with van der Waals surface area (Å²) < 4.78 is 0. The van der Waals surface area contributed by atoms with Crippen LogP contribution in [0.2, 0.25) is 0 Å². The Balaban J connectivity index is 1.82. The van der Waals surface area contributed by atoms with Crippen molar-refractivity contribution in [2.24, 2.45) is 0 Å². The first-order valence-corrected chi connectivity index (χ1v) is 7.02. The Morgan fingerprint density at radius 2 is 2.05 bits per heavy atom. The van der Waals surface area contributed by atoms with Gasteiger partial charge in [-0.15, -0.1) is 0 Å². The molecule has 1 fully saturated rings. The van der Waals surface area contributed by atoms with Crippen molar-refractivity contribution in [2.45, 2.75) is 19.0 Å². The van der Waals surface area contributed by atoms with Gasteiger partial charge in [0.15, 0.2) is 0 Å². The second kappa shape index (κ2) is 6.89. The molecule has 1 aliphatic heterocycles. The van der Waals surface area contributed by atoms with E-state index in [1.54, 1.807) is 0 Å². The molecule has 0 saturated carbocycles. The maximum absolute atomic E-state index is 8.82. The van der Waals surface area contributed by atoms with E-state index in [1.165, 1.54) is 17.7 Å². The van der Waals surface area contributed by atoms with Gasteiger partial charge >= 0.3 is 0 Å². The highest BCUT2D eigenvalue weighted by atomic mass is 16.3.